The first-order chi connectivity index (χ1) is 13.8. The second-order valence-electron chi connectivity index (χ2n) is 8.42. The molecule has 30 heavy (non-hydrogen) atoms. The minimum atomic E-state index is -0.235. The quantitative estimate of drug-likeness (QED) is 0.715. The molecule has 3 aliphatic rings. The third-order valence-electron chi connectivity index (χ3n) is 6.88. The fourth-order valence-corrected chi connectivity index (χ4v) is 5.26. The smallest absolute Gasteiger partial charge is 0.228 e. The van der Waals surface area contributed by atoms with Crippen LogP contribution in [0.5, 0.6) is 0 Å². The number of nitrogens with zero attached hydrogens (tertiary/aromatic N) is 1. The van der Waals surface area contributed by atoms with E-state index in [9.17, 15) is 4.79 Å². The van der Waals surface area contributed by atoms with E-state index in [2.05, 4.69) is 39.8 Å². The average Bonchev–Trinajstić information content (AvgIpc) is 2.77. The van der Waals surface area contributed by atoms with Gasteiger partial charge < -0.3 is 15.4 Å². The molecule has 0 radical (unpaired) electrons. The molecule has 1 saturated carbocycles. The highest BCUT2D eigenvalue weighted by Crippen LogP contribution is 2.46. The van der Waals surface area contributed by atoms with Gasteiger partial charge in [0.2, 0.25) is 5.91 Å². The molecular weight excluding hydrogens is 421 g/mol. The van der Waals surface area contributed by atoms with Crippen LogP contribution in [0.25, 0.3) is 6.08 Å². The molecule has 2 heterocycles. The van der Waals surface area contributed by atoms with Crippen LogP contribution in [0.4, 0.5) is 0 Å². The summed E-state index contributed by atoms with van der Waals surface area (Å²) in [5, 5.41) is 6.71. The molecule has 3 atom stereocenters. The van der Waals surface area contributed by atoms with Crippen molar-refractivity contribution in [1.29, 1.82) is 0 Å². The van der Waals surface area contributed by atoms with Crippen LogP contribution in [0.2, 0.25) is 0 Å². The highest BCUT2D eigenvalue weighted by atomic mass is 35.5. The number of hydrogen-bond donors (Lipinski definition) is 2. The van der Waals surface area contributed by atoms with E-state index >= 15 is 0 Å². The summed E-state index contributed by atoms with van der Waals surface area (Å²) in [6.45, 7) is 6.22. The van der Waals surface area contributed by atoms with Crippen molar-refractivity contribution in [1.82, 2.24) is 15.5 Å². The predicted octanol–water partition coefficient (Wildman–Crippen LogP) is 3.14. The van der Waals surface area contributed by atoms with E-state index in [1.807, 2.05) is 18.2 Å². The van der Waals surface area contributed by atoms with E-state index < -0.39 is 0 Å². The van der Waals surface area contributed by atoms with Gasteiger partial charge in [-0.3, -0.25) is 9.69 Å². The zero-order chi connectivity index (χ0) is 19.2. The van der Waals surface area contributed by atoms with Gasteiger partial charge in [0.15, 0.2) is 0 Å². The monoisotopic (exact) mass is 455 g/mol. The number of benzene rings is 1. The average molecular weight is 456 g/mol. The first-order valence-corrected chi connectivity index (χ1v) is 10.8. The Morgan fingerprint density at radius 2 is 1.97 bits per heavy atom. The Kier molecular flexibility index (Phi) is 10.1. The maximum atomic E-state index is 13.2. The number of amides is 1. The fourth-order valence-electron chi connectivity index (χ4n) is 5.26. The molecule has 7 heteroatoms. The molecule has 1 aliphatic carbocycles. The third kappa shape index (κ3) is 5.77. The largest absolute Gasteiger partial charge is 0.379 e. The van der Waals surface area contributed by atoms with Crippen molar-refractivity contribution in [3.8, 4) is 0 Å². The van der Waals surface area contributed by atoms with Crippen LogP contribution < -0.4 is 10.6 Å². The molecule has 2 saturated heterocycles. The number of piperidine rings is 1. The molecular formula is C23H35Cl2N3O2. The molecule has 3 fully saturated rings. The Morgan fingerprint density at radius 3 is 2.73 bits per heavy atom. The number of halogens is 2. The van der Waals surface area contributed by atoms with E-state index in [0.29, 0.717) is 18.5 Å². The number of carbonyl (C=O) groups is 1. The predicted molar refractivity (Wildman–Crippen MR) is 126 cm³/mol. The van der Waals surface area contributed by atoms with Crippen molar-refractivity contribution in [2.75, 3.05) is 45.9 Å². The molecule has 0 spiro atoms. The number of rotatable bonds is 5. The van der Waals surface area contributed by atoms with Gasteiger partial charge in [0, 0.05) is 32.2 Å². The Hall–Kier alpha value is -1.11. The van der Waals surface area contributed by atoms with Gasteiger partial charge in [0.1, 0.15) is 0 Å². The van der Waals surface area contributed by atoms with E-state index in [1.54, 1.807) is 0 Å². The van der Waals surface area contributed by atoms with E-state index in [1.165, 1.54) is 0 Å². The fraction of sp³-hybridized carbons (Fsp3) is 0.609. The van der Waals surface area contributed by atoms with Crippen molar-refractivity contribution < 1.29 is 9.53 Å². The van der Waals surface area contributed by atoms with Gasteiger partial charge in [0.05, 0.1) is 18.6 Å². The summed E-state index contributed by atoms with van der Waals surface area (Å²) >= 11 is 0. The molecule has 168 valence electrons. The highest BCUT2D eigenvalue weighted by molar-refractivity contribution is 5.85. The number of hydrogen-bond acceptors (Lipinski definition) is 4. The summed E-state index contributed by atoms with van der Waals surface area (Å²) in [6.07, 6.45) is 8.48. The number of morpholine rings is 1. The normalized spacial score (nSPS) is 29.3. The lowest BCUT2D eigenvalue weighted by Crippen LogP contribution is -2.60. The van der Waals surface area contributed by atoms with Crippen LogP contribution in [0, 0.1) is 11.3 Å². The molecule has 2 aliphatic heterocycles. The molecule has 1 aromatic carbocycles. The van der Waals surface area contributed by atoms with Crippen molar-refractivity contribution in [3.05, 3.63) is 42.0 Å². The van der Waals surface area contributed by atoms with E-state index in [0.717, 1.165) is 70.6 Å². The van der Waals surface area contributed by atoms with Crippen molar-refractivity contribution in [3.63, 3.8) is 0 Å². The third-order valence-corrected chi connectivity index (χ3v) is 6.88. The van der Waals surface area contributed by atoms with E-state index in [4.69, 9.17) is 4.74 Å². The van der Waals surface area contributed by atoms with Gasteiger partial charge in [-0.2, -0.15) is 0 Å². The lowest BCUT2D eigenvalue weighted by atomic mass is 9.61. The first-order valence-electron chi connectivity index (χ1n) is 10.8. The molecule has 1 aromatic rings. The van der Waals surface area contributed by atoms with Crippen LogP contribution in [0.1, 0.15) is 31.2 Å². The minimum absolute atomic E-state index is 0. The summed E-state index contributed by atoms with van der Waals surface area (Å²) in [5.74, 6) is 0.719. The van der Waals surface area contributed by atoms with Gasteiger partial charge in [-0.15, -0.1) is 24.8 Å². The molecule has 0 unspecified atom stereocenters. The Labute approximate surface area is 192 Å². The summed E-state index contributed by atoms with van der Waals surface area (Å²) in [7, 11) is 0. The Balaban J connectivity index is 0.00000160. The second-order valence-corrected chi connectivity index (χ2v) is 8.42. The van der Waals surface area contributed by atoms with Gasteiger partial charge in [-0.1, -0.05) is 42.5 Å². The first kappa shape index (κ1) is 25.2. The molecule has 0 bridgehead atoms. The van der Waals surface area contributed by atoms with Crippen LogP contribution in [0.3, 0.4) is 0 Å². The SMILES string of the molecule is Cl.Cl.O=C(NCC=Cc1ccccc1)[C@@]12CC[C@@H](N3CCOCC3)C[C@H]1CCNC2. The lowest BCUT2D eigenvalue weighted by molar-refractivity contribution is -0.140. The van der Waals surface area contributed by atoms with Crippen LogP contribution in [0.15, 0.2) is 36.4 Å². The highest BCUT2D eigenvalue weighted by Gasteiger charge is 2.50. The second kappa shape index (κ2) is 12.1. The van der Waals surface area contributed by atoms with E-state index in [-0.39, 0.29) is 36.1 Å². The van der Waals surface area contributed by atoms with Gasteiger partial charge in [-0.05, 0) is 43.7 Å². The standard InChI is InChI=1S/C23H33N3O2.2ClH/c27-22(25-11-4-7-19-5-2-1-3-6-19)23-10-8-21(26-13-15-28-16-14-26)17-20(23)9-12-24-18-23;;/h1-7,20-21,24H,8-18H2,(H,25,27);2*1H/t20-,21-,23-;;/m1../s1. The molecule has 5 nitrogen and oxygen atoms in total. The summed E-state index contributed by atoms with van der Waals surface area (Å²) in [5.41, 5.74) is 0.930. The Morgan fingerprint density at radius 1 is 1.20 bits per heavy atom. The van der Waals surface area contributed by atoms with Crippen LogP contribution >= 0.6 is 24.8 Å². The zero-order valence-electron chi connectivity index (χ0n) is 17.6. The number of fused-ring (bicyclic) bond motifs is 1. The Bertz CT molecular complexity index is 682. The maximum Gasteiger partial charge on any atom is 0.228 e. The molecule has 4 rings (SSSR count). The van der Waals surface area contributed by atoms with Crippen molar-refractivity contribution in [2.24, 2.45) is 11.3 Å². The molecule has 1 amide bonds. The molecule has 0 aromatic heterocycles. The lowest BCUT2D eigenvalue weighted by Gasteiger charge is -2.50. The summed E-state index contributed by atoms with van der Waals surface area (Å²) in [6, 6.07) is 10.8. The number of ether oxygens (including phenoxy) is 1. The number of carbonyl (C=O) groups excluding carboxylic acids is 1. The van der Waals surface area contributed by atoms with Crippen LogP contribution in [-0.4, -0.2) is 62.8 Å². The van der Waals surface area contributed by atoms with Gasteiger partial charge in [0.25, 0.3) is 0 Å². The summed E-state index contributed by atoms with van der Waals surface area (Å²) in [4.78, 5) is 15.8. The van der Waals surface area contributed by atoms with Gasteiger partial charge >= 0.3 is 0 Å². The zero-order valence-corrected chi connectivity index (χ0v) is 19.2. The maximum absolute atomic E-state index is 13.2. The topological polar surface area (TPSA) is 53.6 Å². The number of nitrogens with one attached hydrogen (secondary N) is 2. The van der Waals surface area contributed by atoms with Crippen molar-refractivity contribution in [2.45, 2.75) is 31.7 Å². The summed E-state index contributed by atoms with van der Waals surface area (Å²) < 4.78 is 5.52. The van der Waals surface area contributed by atoms with Gasteiger partial charge in [-0.25, -0.2) is 0 Å². The van der Waals surface area contributed by atoms with Crippen molar-refractivity contribution >= 4 is 36.8 Å². The minimum Gasteiger partial charge on any atom is -0.379 e. The van der Waals surface area contributed by atoms with Crippen LogP contribution in [-0.2, 0) is 9.53 Å². The molecule has 2 N–H and O–H groups in total.